The third-order valence-corrected chi connectivity index (χ3v) is 2.15. The van der Waals surface area contributed by atoms with Gasteiger partial charge in [-0.15, -0.1) is 0 Å². The Morgan fingerprint density at radius 3 is 2.93 bits per heavy atom. The minimum atomic E-state index is 0.521. The minimum Gasteiger partial charge on any atom is -0.364 e. The Morgan fingerprint density at radius 2 is 2.36 bits per heavy atom. The van der Waals surface area contributed by atoms with Crippen LogP contribution in [0.1, 0.15) is 18.9 Å². The zero-order valence-electron chi connectivity index (χ0n) is 9.16. The predicted octanol–water partition coefficient (Wildman–Crippen LogP) is 1.10. The molecule has 4 nitrogen and oxygen atoms in total. The van der Waals surface area contributed by atoms with Crippen LogP contribution in [-0.4, -0.2) is 36.7 Å². The molecule has 1 N–H and O–H groups in total. The second-order valence-electron chi connectivity index (χ2n) is 3.91. The van der Waals surface area contributed by atoms with Gasteiger partial charge in [0.05, 0.1) is 6.20 Å². The van der Waals surface area contributed by atoms with E-state index in [-0.39, 0.29) is 0 Å². The SMILES string of the molecule is CC(CCN(C)C)NCc1cnoc1. The number of aromatic nitrogens is 1. The molecule has 0 saturated heterocycles. The van der Waals surface area contributed by atoms with Gasteiger partial charge in [-0.3, -0.25) is 0 Å². The van der Waals surface area contributed by atoms with Gasteiger partial charge in [0, 0.05) is 18.2 Å². The Kier molecular flexibility index (Phi) is 4.62. The zero-order chi connectivity index (χ0) is 10.4. The molecular weight excluding hydrogens is 178 g/mol. The fourth-order valence-corrected chi connectivity index (χ4v) is 1.16. The van der Waals surface area contributed by atoms with Crippen LogP contribution in [0.2, 0.25) is 0 Å². The zero-order valence-corrected chi connectivity index (χ0v) is 9.16. The number of rotatable bonds is 6. The standard InChI is InChI=1S/C10H19N3O/c1-9(4-5-13(2)3)11-6-10-7-12-14-8-10/h7-9,11H,4-6H2,1-3H3. The maximum Gasteiger partial charge on any atom is 0.128 e. The average molecular weight is 197 g/mol. The van der Waals surface area contributed by atoms with Crippen molar-refractivity contribution in [1.82, 2.24) is 15.4 Å². The van der Waals surface area contributed by atoms with E-state index >= 15 is 0 Å². The highest BCUT2D eigenvalue weighted by Crippen LogP contribution is 1.98. The molecule has 1 aromatic heterocycles. The summed E-state index contributed by atoms with van der Waals surface area (Å²) in [6.07, 6.45) is 4.57. The lowest BCUT2D eigenvalue weighted by Gasteiger charge is -2.15. The molecule has 0 spiro atoms. The van der Waals surface area contributed by atoms with Gasteiger partial charge in [-0.2, -0.15) is 0 Å². The first-order valence-corrected chi connectivity index (χ1v) is 4.95. The van der Waals surface area contributed by atoms with Gasteiger partial charge < -0.3 is 14.7 Å². The van der Waals surface area contributed by atoms with Gasteiger partial charge in [-0.1, -0.05) is 5.16 Å². The lowest BCUT2D eigenvalue weighted by atomic mass is 10.2. The summed E-state index contributed by atoms with van der Waals surface area (Å²) in [5.74, 6) is 0. The van der Waals surface area contributed by atoms with Gasteiger partial charge in [-0.25, -0.2) is 0 Å². The first-order chi connectivity index (χ1) is 6.68. The van der Waals surface area contributed by atoms with Gasteiger partial charge in [0.25, 0.3) is 0 Å². The van der Waals surface area contributed by atoms with Gasteiger partial charge in [-0.05, 0) is 34.0 Å². The molecule has 0 fully saturated rings. The molecule has 0 aromatic carbocycles. The maximum atomic E-state index is 4.75. The largest absolute Gasteiger partial charge is 0.364 e. The minimum absolute atomic E-state index is 0.521. The van der Waals surface area contributed by atoms with E-state index in [0.29, 0.717) is 6.04 Å². The molecule has 0 aliphatic carbocycles. The van der Waals surface area contributed by atoms with Crippen molar-refractivity contribution in [3.63, 3.8) is 0 Å². The summed E-state index contributed by atoms with van der Waals surface area (Å²) < 4.78 is 4.75. The molecule has 1 atom stereocenters. The van der Waals surface area contributed by atoms with Crippen molar-refractivity contribution in [3.8, 4) is 0 Å². The lowest BCUT2D eigenvalue weighted by molar-refractivity contribution is 0.365. The molecule has 0 saturated carbocycles. The molecule has 0 amide bonds. The Hall–Kier alpha value is -0.870. The predicted molar refractivity (Wildman–Crippen MR) is 56.0 cm³/mol. The highest BCUT2D eigenvalue weighted by molar-refractivity contribution is 4.99. The van der Waals surface area contributed by atoms with Crippen LogP contribution in [0.25, 0.3) is 0 Å². The van der Waals surface area contributed by atoms with Crippen molar-refractivity contribution in [2.45, 2.75) is 25.9 Å². The average Bonchev–Trinajstić information content (AvgIpc) is 2.63. The van der Waals surface area contributed by atoms with Crippen LogP contribution < -0.4 is 5.32 Å². The van der Waals surface area contributed by atoms with Gasteiger partial charge in [0.15, 0.2) is 0 Å². The molecule has 80 valence electrons. The van der Waals surface area contributed by atoms with E-state index in [9.17, 15) is 0 Å². The first kappa shape index (κ1) is 11.2. The summed E-state index contributed by atoms with van der Waals surface area (Å²) in [5, 5.41) is 7.06. The van der Waals surface area contributed by atoms with Gasteiger partial charge in [0.2, 0.25) is 0 Å². The highest BCUT2D eigenvalue weighted by atomic mass is 16.5. The molecule has 1 unspecified atom stereocenters. The number of nitrogens with zero attached hydrogens (tertiary/aromatic N) is 2. The van der Waals surface area contributed by atoms with Crippen LogP contribution in [0.3, 0.4) is 0 Å². The molecule has 0 bridgehead atoms. The van der Waals surface area contributed by atoms with E-state index in [1.165, 1.54) is 0 Å². The highest BCUT2D eigenvalue weighted by Gasteiger charge is 2.02. The lowest BCUT2D eigenvalue weighted by Crippen LogP contribution is -2.29. The normalized spacial score (nSPS) is 13.4. The monoisotopic (exact) mass is 197 g/mol. The van der Waals surface area contributed by atoms with E-state index in [1.807, 2.05) is 0 Å². The summed E-state index contributed by atoms with van der Waals surface area (Å²) in [6, 6.07) is 0.521. The second-order valence-corrected chi connectivity index (χ2v) is 3.91. The van der Waals surface area contributed by atoms with E-state index in [4.69, 9.17) is 4.52 Å². The molecule has 1 rings (SSSR count). The number of hydrogen-bond donors (Lipinski definition) is 1. The Bertz CT molecular complexity index is 234. The van der Waals surface area contributed by atoms with Crippen LogP contribution in [0, 0.1) is 0 Å². The summed E-state index contributed by atoms with van der Waals surface area (Å²) in [7, 11) is 4.18. The van der Waals surface area contributed by atoms with E-state index < -0.39 is 0 Å². The Labute approximate surface area is 85.3 Å². The molecular formula is C10H19N3O. The van der Waals surface area contributed by atoms with Crippen LogP contribution in [-0.2, 0) is 6.54 Å². The third-order valence-electron chi connectivity index (χ3n) is 2.15. The Morgan fingerprint density at radius 1 is 1.57 bits per heavy atom. The van der Waals surface area contributed by atoms with Crippen molar-refractivity contribution in [2.75, 3.05) is 20.6 Å². The Balaban J connectivity index is 2.12. The smallest absolute Gasteiger partial charge is 0.128 e. The molecule has 1 heterocycles. The molecule has 14 heavy (non-hydrogen) atoms. The van der Waals surface area contributed by atoms with Crippen molar-refractivity contribution in [2.24, 2.45) is 0 Å². The van der Waals surface area contributed by atoms with E-state index in [0.717, 1.165) is 25.1 Å². The quantitative estimate of drug-likeness (QED) is 0.741. The summed E-state index contributed by atoms with van der Waals surface area (Å²) in [5.41, 5.74) is 1.10. The van der Waals surface area contributed by atoms with Crippen molar-refractivity contribution in [1.29, 1.82) is 0 Å². The van der Waals surface area contributed by atoms with Gasteiger partial charge >= 0.3 is 0 Å². The van der Waals surface area contributed by atoms with Crippen molar-refractivity contribution >= 4 is 0 Å². The van der Waals surface area contributed by atoms with Crippen molar-refractivity contribution in [3.05, 3.63) is 18.0 Å². The summed E-state index contributed by atoms with van der Waals surface area (Å²) in [4.78, 5) is 2.19. The molecule has 0 aliphatic rings. The molecule has 1 aromatic rings. The fraction of sp³-hybridized carbons (Fsp3) is 0.700. The number of nitrogens with one attached hydrogen (secondary N) is 1. The van der Waals surface area contributed by atoms with Gasteiger partial charge in [0.1, 0.15) is 6.26 Å². The van der Waals surface area contributed by atoms with Crippen LogP contribution >= 0.6 is 0 Å². The molecule has 0 radical (unpaired) electrons. The second kappa shape index (κ2) is 5.78. The fourth-order valence-electron chi connectivity index (χ4n) is 1.16. The maximum absolute atomic E-state index is 4.75. The molecule has 0 aliphatic heterocycles. The van der Waals surface area contributed by atoms with Crippen LogP contribution in [0.5, 0.6) is 0 Å². The van der Waals surface area contributed by atoms with E-state index in [2.05, 4.69) is 36.4 Å². The topological polar surface area (TPSA) is 41.3 Å². The number of hydrogen-bond acceptors (Lipinski definition) is 4. The third kappa shape index (κ3) is 4.39. The van der Waals surface area contributed by atoms with E-state index in [1.54, 1.807) is 12.5 Å². The first-order valence-electron chi connectivity index (χ1n) is 4.95. The van der Waals surface area contributed by atoms with Crippen LogP contribution in [0.4, 0.5) is 0 Å². The summed E-state index contributed by atoms with van der Waals surface area (Å²) >= 11 is 0. The molecule has 4 heteroatoms. The van der Waals surface area contributed by atoms with Crippen molar-refractivity contribution < 1.29 is 4.52 Å². The van der Waals surface area contributed by atoms with Crippen LogP contribution in [0.15, 0.2) is 17.0 Å². The summed E-state index contributed by atoms with van der Waals surface area (Å²) in [6.45, 7) is 4.13.